The molecule has 144 valence electrons. The quantitative estimate of drug-likeness (QED) is 0.692. The van der Waals surface area contributed by atoms with Crippen molar-refractivity contribution < 1.29 is 13.9 Å². The van der Waals surface area contributed by atoms with Crippen molar-refractivity contribution in [3.05, 3.63) is 22.6 Å². The first-order chi connectivity index (χ1) is 12.2. The number of piperazine rings is 1. The molecular weight excluding hydrogens is 403 g/mol. The maximum Gasteiger partial charge on any atom is 0.410 e. The summed E-state index contributed by atoms with van der Waals surface area (Å²) < 4.78 is 19.4. The van der Waals surface area contributed by atoms with E-state index in [0.717, 1.165) is 32.7 Å². The molecule has 0 aromatic carbocycles. The summed E-state index contributed by atoms with van der Waals surface area (Å²) >= 11 is 3.13. The first-order valence-electron chi connectivity index (χ1n) is 8.98. The van der Waals surface area contributed by atoms with Gasteiger partial charge in [-0.15, -0.1) is 0 Å². The van der Waals surface area contributed by atoms with Crippen molar-refractivity contribution in [1.82, 2.24) is 14.8 Å². The first kappa shape index (κ1) is 19.4. The SMILES string of the molecule is CC(C)(C)OC(=O)N1CCN(CC2CN(c3ccc(Br)c(F)n3)C2)CC1. The highest BCUT2D eigenvalue weighted by Gasteiger charge is 2.32. The Balaban J connectivity index is 1.40. The van der Waals surface area contributed by atoms with E-state index in [1.165, 1.54) is 0 Å². The number of carbonyl (C=O) groups excluding carboxylic acids is 1. The molecule has 2 aliphatic heterocycles. The molecule has 1 aromatic rings. The summed E-state index contributed by atoms with van der Waals surface area (Å²) in [6, 6.07) is 3.53. The van der Waals surface area contributed by atoms with Crippen LogP contribution in [0.3, 0.4) is 0 Å². The Morgan fingerprint density at radius 3 is 2.50 bits per heavy atom. The summed E-state index contributed by atoms with van der Waals surface area (Å²) in [5.74, 6) is 0.775. The molecule has 2 aliphatic rings. The molecule has 0 bridgehead atoms. The Morgan fingerprint density at radius 2 is 1.92 bits per heavy atom. The Labute approximate surface area is 162 Å². The van der Waals surface area contributed by atoms with E-state index < -0.39 is 11.5 Å². The van der Waals surface area contributed by atoms with Crippen LogP contribution in [0.2, 0.25) is 0 Å². The zero-order chi connectivity index (χ0) is 18.9. The van der Waals surface area contributed by atoms with Gasteiger partial charge in [0.1, 0.15) is 11.4 Å². The number of aromatic nitrogens is 1. The molecule has 0 spiro atoms. The Hall–Kier alpha value is -1.41. The van der Waals surface area contributed by atoms with Crippen molar-refractivity contribution in [2.45, 2.75) is 26.4 Å². The molecule has 3 rings (SSSR count). The number of halogens is 2. The van der Waals surface area contributed by atoms with Gasteiger partial charge in [0.15, 0.2) is 0 Å². The number of anilines is 1. The average molecular weight is 429 g/mol. The van der Waals surface area contributed by atoms with Crippen LogP contribution in [0.1, 0.15) is 20.8 Å². The highest BCUT2D eigenvalue weighted by atomic mass is 79.9. The molecule has 26 heavy (non-hydrogen) atoms. The number of hydrogen-bond donors (Lipinski definition) is 0. The zero-order valence-corrected chi connectivity index (χ0v) is 17.1. The first-order valence-corrected chi connectivity index (χ1v) is 9.78. The summed E-state index contributed by atoms with van der Waals surface area (Å²) in [6.07, 6.45) is -0.227. The van der Waals surface area contributed by atoms with Gasteiger partial charge in [0.05, 0.1) is 4.47 Å². The van der Waals surface area contributed by atoms with Crippen LogP contribution in [-0.4, -0.2) is 72.3 Å². The second kappa shape index (κ2) is 7.68. The van der Waals surface area contributed by atoms with Crippen LogP contribution in [0.5, 0.6) is 0 Å². The summed E-state index contributed by atoms with van der Waals surface area (Å²) in [7, 11) is 0. The summed E-state index contributed by atoms with van der Waals surface area (Å²) in [6.45, 7) is 11.6. The highest BCUT2D eigenvalue weighted by Crippen LogP contribution is 2.26. The monoisotopic (exact) mass is 428 g/mol. The van der Waals surface area contributed by atoms with Crippen LogP contribution in [0.25, 0.3) is 0 Å². The van der Waals surface area contributed by atoms with Gasteiger partial charge in [0.2, 0.25) is 5.95 Å². The maximum absolute atomic E-state index is 13.5. The van der Waals surface area contributed by atoms with Gasteiger partial charge in [-0.1, -0.05) is 0 Å². The van der Waals surface area contributed by atoms with Gasteiger partial charge in [-0.05, 0) is 48.8 Å². The normalized spacial score (nSPS) is 19.4. The molecule has 0 radical (unpaired) electrons. The van der Waals surface area contributed by atoms with E-state index in [1.807, 2.05) is 26.8 Å². The van der Waals surface area contributed by atoms with Crippen LogP contribution in [0, 0.1) is 11.9 Å². The van der Waals surface area contributed by atoms with E-state index in [2.05, 4.69) is 30.7 Å². The van der Waals surface area contributed by atoms with E-state index in [0.29, 0.717) is 29.3 Å². The number of amides is 1. The van der Waals surface area contributed by atoms with Gasteiger partial charge in [-0.2, -0.15) is 4.39 Å². The van der Waals surface area contributed by atoms with Gasteiger partial charge < -0.3 is 14.5 Å². The van der Waals surface area contributed by atoms with Crippen LogP contribution < -0.4 is 4.90 Å². The molecule has 1 aromatic heterocycles. The van der Waals surface area contributed by atoms with E-state index >= 15 is 0 Å². The molecule has 0 saturated carbocycles. The fourth-order valence-corrected chi connectivity index (χ4v) is 3.48. The number of pyridine rings is 1. The molecule has 0 atom stereocenters. The van der Waals surface area contributed by atoms with Gasteiger partial charge in [0.25, 0.3) is 0 Å². The average Bonchev–Trinajstić information content (AvgIpc) is 2.52. The maximum atomic E-state index is 13.5. The molecule has 0 N–H and O–H groups in total. The van der Waals surface area contributed by atoms with Gasteiger partial charge in [0, 0.05) is 51.7 Å². The molecule has 8 heteroatoms. The lowest BCUT2D eigenvalue weighted by molar-refractivity contribution is 0.0129. The van der Waals surface area contributed by atoms with Crippen LogP contribution in [0.4, 0.5) is 15.0 Å². The third-order valence-electron chi connectivity index (χ3n) is 4.61. The molecule has 6 nitrogen and oxygen atoms in total. The lowest BCUT2D eigenvalue weighted by atomic mass is 9.99. The number of carbonyl (C=O) groups is 1. The Bertz CT molecular complexity index is 653. The number of ether oxygens (including phenoxy) is 1. The van der Waals surface area contributed by atoms with Crippen LogP contribution in [-0.2, 0) is 4.74 Å². The minimum absolute atomic E-state index is 0.227. The predicted octanol–water partition coefficient (Wildman–Crippen LogP) is 2.97. The standard InChI is InChI=1S/C18H26BrFN4O2/c1-18(2,3)26-17(25)23-8-6-22(7-9-23)10-13-11-24(12-13)15-5-4-14(19)16(20)21-15/h4-5,13H,6-12H2,1-3H3. The minimum Gasteiger partial charge on any atom is -0.444 e. The lowest BCUT2D eigenvalue weighted by Gasteiger charge is -2.44. The minimum atomic E-state index is -0.468. The van der Waals surface area contributed by atoms with Crippen LogP contribution >= 0.6 is 15.9 Å². The van der Waals surface area contributed by atoms with Gasteiger partial charge in [-0.3, -0.25) is 4.90 Å². The van der Waals surface area contributed by atoms with Crippen LogP contribution in [0.15, 0.2) is 16.6 Å². The molecule has 0 aliphatic carbocycles. The number of rotatable bonds is 3. The van der Waals surface area contributed by atoms with Gasteiger partial charge >= 0.3 is 6.09 Å². The molecule has 3 heterocycles. The molecule has 0 unspecified atom stereocenters. The van der Waals surface area contributed by atoms with Crippen molar-refractivity contribution in [3.8, 4) is 0 Å². The Morgan fingerprint density at radius 1 is 1.27 bits per heavy atom. The fraction of sp³-hybridized carbons (Fsp3) is 0.667. The zero-order valence-electron chi connectivity index (χ0n) is 15.5. The third kappa shape index (κ3) is 4.85. The molecular formula is C18H26BrFN4O2. The number of hydrogen-bond acceptors (Lipinski definition) is 5. The van der Waals surface area contributed by atoms with E-state index in [1.54, 1.807) is 11.0 Å². The molecule has 1 amide bonds. The lowest BCUT2D eigenvalue weighted by Crippen LogP contribution is -2.56. The number of nitrogens with zero attached hydrogens (tertiary/aromatic N) is 4. The van der Waals surface area contributed by atoms with E-state index in [4.69, 9.17) is 4.74 Å². The second-order valence-corrected chi connectivity index (χ2v) is 8.84. The van der Waals surface area contributed by atoms with Crippen molar-refractivity contribution in [1.29, 1.82) is 0 Å². The smallest absolute Gasteiger partial charge is 0.410 e. The largest absolute Gasteiger partial charge is 0.444 e. The molecule has 2 saturated heterocycles. The fourth-order valence-electron chi connectivity index (χ4n) is 3.26. The third-order valence-corrected chi connectivity index (χ3v) is 5.20. The second-order valence-electron chi connectivity index (χ2n) is 7.98. The summed E-state index contributed by atoms with van der Waals surface area (Å²) in [4.78, 5) is 22.3. The van der Waals surface area contributed by atoms with Crippen molar-refractivity contribution in [2.75, 3.05) is 50.7 Å². The van der Waals surface area contributed by atoms with E-state index in [9.17, 15) is 9.18 Å². The van der Waals surface area contributed by atoms with Crippen molar-refractivity contribution in [2.24, 2.45) is 5.92 Å². The van der Waals surface area contributed by atoms with E-state index in [-0.39, 0.29) is 6.09 Å². The molecule has 2 fully saturated rings. The summed E-state index contributed by atoms with van der Waals surface area (Å²) in [5.41, 5.74) is -0.454. The highest BCUT2D eigenvalue weighted by molar-refractivity contribution is 9.10. The van der Waals surface area contributed by atoms with Gasteiger partial charge in [-0.25, -0.2) is 9.78 Å². The van der Waals surface area contributed by atoms with Crippen molar-refractivity contribution in [3.63, 3.8) is 0 Å². The topological polar surface area (TPSA) is 48.9 Å². The van der Waals surface area contributed by atoms with Crippen molar-refractivity contribution >= 4 is 27.8 Å². The predicted molar refractivity (Wildman–Crippen MR) is 102 cm³/mol. The summed E-state index contributed by atoms with van der Waals surface area (Å²) in [5, 5.41) is 0. The Kier molecular flexibility index (Phi) is 5.72.